The minimum Gasteiger partial charge on any atom is -0.356 e. The third-order valence-corrected chi connectivity index (χ3v) is 3.46. The summed E-state index contributed by atoms with van der Waals surface area (Å²) in [6.45, 7) is 0.943. The van der Waals surface area contributed by atoms with Gasteiger partial charge in [0.1, 0.15) is 12.3 Å². The number of aromatic nitrogens is 1. The molecule has 1 unspecified atom stereocenters. The molecule has 0 saturated carbocycles. The van der Waals surface area contributed by atoms with Crippen molar-refractivity contribution in [3.8, 4) is 0 Å². The van der Waals surface area contributed by atoms with Crippen LogP contribution in [0.2, 0.25) is 0 Å². The van der Waals surface area contributed by atoms with E-state index in [1.807, 2.05) is 19.2 Å². The molecule has 0 fully saturated rings. The number of likely N-dealkylation sites (N-methyl/N-ethyl adjacent to an activating group) is 1. The number of rotatable bonds is 1. The maximum absolute atomic E-state index is 11.1. The van der Waals surface area contributed by atoms with E-state index in [4.69, 9.17) is 0 Å². The highest BCUT2D eigenvalue weighted by Gasteiger charge is 2.27. The van der Waals surface area contributed by atoms with Crippen LogP contribution >= 0.6 is 0 Å². The smallest absolute Gasteiger partial charge is 0.143 e. The van der Waals surface area contributed by atoms with Crippen molar-refractivity contribution in [3.63, 3.8) is 0 Å². The number of benzene rings is 1. The highest BCUT2D eigenvalue weighted by Crippen LogP contribution is 2.32. The standard InChI is InChI=1S/C13H14N2O/c1-15-7-6-10-9-4-2-3-5-11(9)14-13(10)12(15)8-16/h2-5,8,12,14H,6-7H2,1H3. The number of carbonyl (C=O) groups is 1. The molecule has 1 aromatic heterocycles. The zero-order valence-corrected chi connectivity index (χ0v) is 9.23. The number of aldehydes is 1. The van der Waals surface area contributed by atoms with Crippen molar-refractivity contribution >= 4 is 17.2 Å². The van der Waals surface area contributed by atoms with Crippen molar-refractivity contribution in [1.82, 2.24) is 9.88 Å². The van der Waals surface area contributed by atoms with Gasteiger partial charge in [-0.3, -0.25) is 4.90 Å². The molecule has 1 aromatic carbocycles. The number of hydrogen-bond donors (Lipinski definition) is 1. The van der Waals surface area contributed by atoms with Crippen molar-refractivity contribution in [3.05, 3.63) is 35.5 Å². The first kappa shape index (κ1) is 9.60. The average molecular weight is 214 g/mol. The van der Waals surface area contributed by atoms with Crippen LogP contribution in [0.25, 0.3) is 10.9 Å². The fraction of sp³-hybridized carbons (Fsp3) is 0.308. The van der Waals surface area contributed by atoms with Crippen LogP contribution in [0.5, 0.6) is 0 Å². The van der Waals surface area contributed by atoms with Gasteiger partial charge in [0, 0.05) is 23.1 Å². The Hall–Kier alpha value is -1.61. The summed E-state index contributed by atoms with van der Waals surface area (Å²) in [6.07, 6.45) is 2.04. The SMILES string of the molecule is CN1CCc2c([nH]c3ccccc23)C1C=O. The van der Waals surface area contributed by atoms with Crippen molar-refractivity contribution in [2.24, 2.45) is 0 Å². The summed E-state index contributed by atoms with van der Waals surface area (Å²) < 4.78 is 0. The molecule has 2 aromatic rings. The molecule has 0 spiro atoms. The molecule has 1 N–H and O–H groups in total. The summed E-state index contributed by atoms with van der Waals surface area (Å²) in [5.74, 6) is 0. The average Bonchev–Trinajstić information content (AvgIpc) is 2.67. The summed E-state index contributed by atoms with van der Waals surface area (Å²) in [6, 6.07) is 8.14. The van der Waals surface area contributed by atoms with Crippen LogP contribution in [0.15, 0.2) is 24.3 Å². The summed E-state index contributed by atoms with van der Waals surface area (Å²) in [7, 11) is 1.99. The number of fused-ring (bicyclic) bond motifs is 3. The van der Waals surface area contributed by atoms with Gasteiger partial charge >= 0.3 is 0 Å². The molecule has 3 heteroatoms. The van der Waals surface area contributed by atoms with E-state index >= 15 is 0 Å². The monoisotopic (exact) mass is 214 g/mol. The highest BCUT2D eigenvalue weighted by atomic mass is 16.1. The van der Waals surface area contributed by atoms with Crippen LogP contribution in [0.4, 0.5) is 0 Å². The number of nitrogens with zero attached hydrogens (tertiary/aromatic N) is 1. The normalized spacial score (nSPS) is 20.9. The molecule has 0 amide bonds. The van der Waals surface area contributed by atoms with E-state index in [-0.39, 0.29) is 6.04 Å². The Balaban J connectivity index is 2.26. The van der Waals surface area contributed by atoms with E-state index in [1.165, 1.54) is 10.9 Å². The van der Waals surface area contributed by atoms with Crippen LogP contribution in [-0.4, -0.2) is 29.8 Å². The van der Waals surface area contributed by atoms with Gasteiger partial charge in [-0.1, -0.05) is 18.2 Å². The number of aromatic amines is 1. The maximum atomic E-state index is 11.1. The van der Waals surface area contributed by atoms with Crippen molar-refractivity contribution in [2.75, 3.05) is 13.6 Å². The van der Waals surface area contributed by atoms with Crippen LogP contribution in [0.3, 0.4) is 0 Å². The lowest BCUT2D eigenvalue weighted by atomic mass is 9.99. The molecule has 16 heavy (non-hydrogen) atoms. The fourth-order valence-corrected chi connectivity index (χ4v) is 2.56. The molecule has 1 atom stereocenters. The Bertz CT molecular complexity index is 544. The highest BCUT2D eigenvalue weighted by molar-refractivity contribution is 5.86. The minimum atomic E-state index is -0.115. The van der Waals surface area contributed by atoms with Crippen molar-refractivity contribution < 1.29 is 4.79 Å². The molecule has 2 heterocycles. The number of nitrogens with one attached hydrogen (secondary N) is 1. The number of H-pyrrole nitrogens is 1. The van der Waals surface area contributed by atoms with Crippen LogP contribution < -0.4 is 0 Å². The largest absolute Gasteiger partial charge is 0.356 e. The Kier molecular flexibility index (Phi) is 2.07. The predicted octanol–water partition coefficient (Wildman–Crippen LogP) is 1.90. The van der Waals surface area contributed by atoms with E-state index in [0.717, 1.165) is 30.5 Å². The topological polar surface area (TPSA) is 36.1 Å². The van der Waals surface area contributed by atoms with E-state index in [2.05, 4.69) is 22.0 Å². The molecule has 0 aliphatic carbocycles. The van der Waals surface area contributed by atoms with Gasteiger partial charge in [0.05, 0.1) is 0 Å². The van der Waals surface area contributed by atoms with Crippen LogP contribution in [0, 0.1) is 0 Å². The lowest BCUT2D eigenvalue weighted by molar-refractivity contribution is -0.112. The van der Waals surface area contributed by atoms with Gasteiger partial charge in [-0.25, -0.2) is 0 Å². The first-order valence-electron chi connectivity index (χ1n) is 5.56. The van der Waals surface area contributed by atoms with Gasteiger partial charge < -0.3 is 9.78 Å². The second kappa shape index (κ2) is 3.46. The quantitative estimate of drug-likeness (QED) is 0.736. The second-order valence-electron chi connectivity index (χ2n) is 4.37. The molecule has 1 aliphatic heterocycles. The molecular weight excluding hydrogens is 200 g/mol. The zero-order chi connectivity index (χ0) is 11.1. The lowest BCUT2D eigenvalue weighted by Gasteiger charge is -2.28. The van der Waals surface area contributed by atoms with Gasteiger partial charge in [-0.15, -0.1) is 0 Å². The third-order valence-electron chi connectivity index (χ3n) is 3.46. The number of para-hydroxylation sites is 1. The third kappa shape index (κ3) is 1.21. The number of carbonyl (C=O) groups excluding carboxylic acids is 1. The predicted molar refractivity (Wildman–Crippen MR) is 63.4 cm³/mol. The molecule has 3 nitrogen and oxygen atoms in total. The Morgan fingerprint density at radius 1 is 1.44 bits per heavy atom. The van der Waals surface area contributed by atoms with E-state index in [9.17, 15) is 4.79 Å². The Labute approximate surface area is 94.1 Å². The molecule has 1 aliphatic rings. The molecule has 0 radical (unpaired) electrons. The Morgan fingerprint density at radius 3 is 3.06 bits per heavy atom. The fourth-order valence-electron chi connectivity index (χ4n) is 2.56. The Morgan fingerprint density at radius 2 is 2.25 bits per heavy atom. The minimum absolute atomic E-state index is 0.115. The van der Waals surface area contributed by atoms with Crippen LogP contribution in [0.1, 0.15) is 17.3 Å². The van der Waals surface area contributed by atoms with Crippen molar-refractivity contribution in [1.29, 1.82) is 0 Å². The van der Waals surface area contributed by atoms with E-state index in [1.54, 1.807) is 0 Å². The molecule has 3 rings (SSSR count). The molecule has 82 valence electrons. The summed E-state index contributed by atoms with van der Waals surface area (Å²) >= 11 is 0. The zero-order valence-electron chi connectivity index (χ0n) is 9.23. The molecule has 0 saturated heterocycles. The van der Waals surface area contributed by atoms with E-state index in [0.29, 0.717) is 0 Å². The molecular formula is C13H14N2O. The summed E-state index contributed by atoms with van der Waals surface area (Å²) in [4.78, 5) is 16.6. The lowest BCUT2D eigenvalue weighted by Crippen LogP contribution is -2.32. The maximum Gasteiger partial charge on any atom is 0.143 e. The van der Waals surface area contributed by atoms with E-state index < -0.39 is 0 Å². The van der Waals surface area contributed by atoms with Gasteiger partial charge in [0.25, 0.3) is 0 Å². The number of hydrogen-bond acceptors (Lipinski definition) is 2. The summed E-state index contributed by atoms with van der Waals surface area (Å²) in [5.41, 5.74) is 3.52. The van der Waals surface area contributed by atoms with Crippen molar-refractivity contribution in [2.45, 2.75) is 12.5 Å². The first-order valence-corrected chi connectivity index (χ1v) is 5.56. The summed E-state index contributed by atoms with van der Waals surface area (Å²) in [5, 5.41) is 1.26. The molecule has 0 bridgehead atoms. The van der Waals surface area contributed by atoms with Gasteiger partial charge in [0.15, 0.2) is 0 Å². The first-order chi connectivity index (χ1) is 7.81. The van der Waals surface area contributed by atoms with Gasteiger partial charge in [-0.2, -0.15) is 0 Å². The van der Waals surface area contributed by atoms with Crippen LogP contribution in [-0.2, 0) is 11.2 Å². The van der Waals surface area contributed by atoms with Gasteiger partial charge in [0.2, 0.25) is 0 Å². The second-order valence-corrected chi connectivity index (χ2v) is 4.37. The van der Waals surface area contributed by atoms with Gasteiger partial charge in [-0.05, 0) is 25.1 Å².